The van der Waals surface area contributed by atoms with E-state index in [-0.39, 0.29) is 0 Å². The minimum Gasteiger partial charge on any atom is -0.537 e. The Labute approximate surface area is 875 Å². The van der Waals surface area contributed by atoms with E-state index in [2.05, 4.69) is 462 Å². The summed E-state index contributed by atoms with van der Waals surface area (Å²) in [6.07, 6.45) is 1.08. The fraction of sp³-hybridized carbons (Fsp3) is 0.00787. The van der Waals surface area contributed by atoms with Crippen LogP contribution in [0, 0.1) is 7.14 Å². The Morgan fingerprint density at radius 3 is 0.931 bits per heavy atom. The monoisotopic (exact) mass is 2270 g/mol. The third-order valence-electron chi connectivity index (χ3n) is 28.7. The van der Waals surface area contributed by atoms with E-state index < -0.39 is 0 Å². The first-order chi connectivity index (χ1) is 70.8. The van der Waals surface area contributed by atoms with E-state index in [1.807, 2.05) is 78.9 Å². The third-order valence-corrected chi connectivity index (χ3v) is 31.6. The molecule has 0 fully saturated rings. The first-order valence-electron chi connectivity index (χ1n) is 47.5. The van der Waals surface area contributed by atoms with Gasteiger partial charge in [-0.05, 0) is 374 Å². The molecule has 1 aliphatic rings. The number of nitrogens with one attached hydrogen (secondary N) is 1. The average Bonchev–Trinajstić information content (AvgIpc) is 1.58. The second-order valence-corrected chi connectivity index (χ2v) is 42.1. The molecule has 0 unspecified atom stereocenters. The van der Waals surface area contributed by atoms with Gasteiger partial charge in [-0.15, -0.1) is 0 Å². The molecule has 11 nitrogen and oxygen atoms in total. The van der Waals surface area contributed by atoms with Crippen molar-refractivity contribution >= 4 is 297 Å². The summed E-state index contributed by atoms with van der Waals surface area (Å²) in [7, 11) is 0.727. The van der Waals surface area contributed by atoms with E-state index in [9.17, 15) is 5.02 Å². The van der Waals surface area contributed by atoms with Crippen LogP contribution in [0.5, 0.6) is 5.75 Å². The van der Waals surface area contributed by atoms with Gasteiger partial charge in [-0.3, -0.25) is 0 Å². The minimum absolute atomic E-state index is 0.562. The lowest BCUT2D eigenvalue weighted by molar-refractivity contribution is 0.454. The third kappa shape index (κ3) is 14.6. The highest BCUT2D eigenvalue weighted by molar-refractivity contribution is 14.1. The smallest absolute Gasteiger partial charge is 0.537 e. The molecule has 1 aliphatic carbocycles. The number of hydrogen-bond acceptors (Lipinski definition) is 6. The largest absolute Gasteiger partial charge is 0.569 e. The fourth-order valence-corrected chi connectivity index (χ4v) is 24.0. The van der Waals surface area contributed by atoms with Gasteiger partial charge >= 0.3 is 7.69 Å². The Bertz CT molecular complexity index is 10600. The number of rotatable bonds is 9. The summed E-state index contributed by atoms with van der Waals surface area (Å²) in [5.41, 5.74) is 35.3. The Morgan fingerprint density at radius 1 is 0.236 bits per heavy atom. The number of aromatic amines is 1. The van der Waals surface area contributed by atoms with Gasteiger partial charge in [0.05, 0.1) is 44.1 Å². The summed E-state index contributed by atoms with van der Waals surface area (Å²) in [6.45, 7) is 0. The predicted octanol–water partition coefficient (Wildman–Crippen LogP) is 37.3. The normalized spacial score (nSPS) is 12.1. The molecule has 1 radical (unpaired) electrons. The second-order valence-electron chi connectivity index (χ2n) is 36.8. The van der Waals surface area contributed by atoms with Gasteiger partial charge in [0, 0.05) is 151 Å². The summed E-state index contributed by atoms with van der Waals surface area (Å²) >= 11 is 15.2. The number of para-hydroxylation sites is 6. The van der Waals surface area contributed by atoms with Crippen LogP contribution in [0.25, 0.3) is 264 Å². The van der Waals surface area contributed by atoms with E-state index >= 15 is 0 Å². The maximum absolute atomic E-state index is 9.50. The van der Waals surface area contributed by atoms with Gasteiger partial charge in [0.2, 0.25) is 0 Å². The van der Waals surface area contributed by atoms with Crippen molar-refractivity contribution in [3.8, 4) is 73.0 Å². The zero-order chi connectivity index (χ0) is 95.8. The number of hydrogen-bond donors (Lipinski definition) is 2. The summed E-state index contributed by atoms with van der Waals surface area (Å²) < 4.78 is 45.7. The van der Waals surface area contributed by atoms with Gasteiger partial charge in [-0.2, -0.15) is 0 Å². The number of nitrogens with zero attached hydrogens (tertiary/aromatic N) is 4. The number of benzene rings is 21. The molecule has 2 N–H and O–H groups in total. The van der Waals surface area contributed by atoms with Crippen LogP contribution in [0.3, 0.4) is 0 Å². The zero-order valence-corrected chi connectivity index (χ0v) is 85.4. The fourth-order valence-electron chi connectivity index (χ4n) is 22.1. The molecule has 21 aromatic carbocycles. The Hall–Kier alpha value is -15.5. The van der Waals surface area contributed by atoms with Crippen LogP contribution in [0.15, 0.2) is 456 Å². The highest BCUT2D eigenvalue weighted by Crippen LogP contribution is 2.48. The summed E-state index contributed by atoms with van der Waals surface area (Å²) in [5.74, 6) is 0.562. The molecular weight excluding hydrogens is 2200 g/mol. The summed E-state index contributed by atoms with van der Waals surface area (Å²) in [4.78, 5) is 3.61. The van der Waals surface area contributed by atoms with E-state index in [1.54, 1.807) is 0 Å². The molecule has 0 spiro atoms. The van der Waals surface area contributed by atoms with Crippen molar-refractivity contribution < 1.29 is 27.3 Å². The van der Waals surface area contributed by atoms with Crippen LogP contribution in [-0.4, -0.2) is 36.0 Å². The highest BCUT2D eigenvalue weighted by atomic mass is 127. The van der Waals surface area contributed by atoms with Gasteiger partial charge in [-0.25, -0.2) is 0 Å². The standard InChI is InChI=1S/C60H34BrN3O2.C48H28BN2O4.C13H8BrI.C6H4BrI/c61-38-17-21-52-45(31-38)44-27-34(13-20-51(44)62-52)36-15-23-55-47(29-36)48-30-37(16-24-56(48)64(55)40-19-26-60-50(33-40)43-9-3-6-12-58(43)66-60)35-14-22-54-46(28-35)41-7-1-4-10-53(41)63(54)39-18-25-59-49(32-39)42-8-2-5-11-57(42)65-59;52-49-55-32-17-20-44-38(27-32)37-24-29(14-19-43(37)51(44)31-16-22-48-40(26-31)35-9-3-6-12-46(35)54-48)28-13-18-42-36(23-28)33-7-1-4-10-41(33)50(42)30-15-21-47-39(25-30)34-8-2-5-11-45(34)53-47;14-10-3-1-8-5-9-2-4-11(15)7-13(9)12(8)6-10;7-5-1-3-6(8)4-2-5/h1-33,62H;1-27,52H;1-4,6-7H,5H2;1-4H. The van der Waals surface area contributed by atoms with Crippen LogP contribution in [0.4, 0.5) is 0 Å². The van der Waals surface area contributed by atoms with Crippen LogP contribution in [0.1, 0.15) is 11.1 Å². The predicted molar refractivity (Wildman–Crippen MR) is 623 cm³/mol. The summed E-state index contributed by atoms with van der Waals surface area (Å²) in [5, 5.41) is 30.1. The first kappa shape index (κ1) is 86.4. The van der Waals surface area contributed by atoms with Crippen molar-refractivity contribution in [1.82, 2.24) is 23.3 Å². The maximum atomic E-state index is 9.50. The van der Waals surface area contributed by atoms with Crippen molar-refractivity contribution in [1.29, 1.82) is 0 Å². The van der Waals surface area contributed by atoms with Crippen LogP contribution in [-0.2, 0) is 6.42 Å². The lowest BCUT2D eigenvalue weighted by atomic mass is 9.98. The minimum atomic E-state index is 0.562. The van der Waals surface area contributed by atoms with Gasteiger partial charge in [0.25, 0.3) is 0 Å². The van der Waals surface area contributed by atoms with Crippen LogP contribution < -0.4 is 4.65 Å². The van der Waals surface area contributed by atoms with Gasteiger partial charge in [-0.1, -0.05) is 206 Å². The Morgan fingerprint density at radius 2 is 0.528 bits per heavy atom. The molecule has 0 atom stereocenters. The molecule has 0 bridgehead atoms. The Balaban J connectivity index is 0.000000115. The number of aromatic nitrogens is 5. The molecule has 9 heterocycles. The van der Waals surface area contributed by atoms with E-state index in [0.29, 0.717) is 5.75 Å². The quantitative estimate of drug-likeness (QED) is 0.110. The number of halogens is 5. The molecule has 0 aliphatic heterocycles. The maximum Gasteiger partial charge on any atom is 0.569 e. The summed E-state index contributed by atoms with van der Waals surface area (Å²) in [6, 6.07) is 151. The second kappa shape index (κ2) is 34.7. The topological polar surface area (TPSA) is 118 Å². The van der Waals surface area contributed by atoms with Crippen molar-refractivity contribution in [3.63, 3.8) is 0 Å². The molecule has 144 heavy (non-hydrogen) atoms. The van der Waals surface area contributed by atoms with Gasteiger partial charge < -0.3 is 50.6 Å². The van der Waals surface area contributed by atoms with E-state index in [4.69, 9.17) is 22.3 Å². The number of furan rings is 4. The Kier molecular flexibility index (Phi) is 20.8. The molecule has 0 amide bonds. The number of fused-ring (bicyclic) bond motifs is 30. The highest BCUT2D eigenvalue weighted by Gasteiger charge is 2.26. The van der Waals surface area contributed by atoms with Crippen molar-refractivity contribution in [2.24, 2.45) is 0 Å². The average molecular weight is 2270 g/mol. The van der Waals surface area contributed by atoms with Crippen molar-refractivity contribution in [2.75, 3.05) is 0 Å². The van der Waals surface area contributed by atoms with E-state index in [0.717, 1.165) is 210 Å². The molecular formula is C127H74BBr3I2N5O6. The van der Waals surface area contributed by atoms with Gasteiger partial charge in [0.1, 0.15) is 50.4 Å². The molecule has 17 heteroatoms. The lowest BCUT2D eigenvalue weighted by Crippen LogP contribution is -1.99. The molecule has 681 valence electrons. The van der Waals surface area contributed by atoms with E-state index in [1.165, 1.54) is 100 Å². The molecule has 31 rings (SSSR count). The molecule has 0 saturated carbocycles. The lowest BCUT2D eigenvalue weighted by Gasteiger charge is -2.10. The van der Waals surface area contributed by atoms with Gasteiger partial charge in [0.15, 0.2) is 0 Å². The zero-order valence-electron chi connectivity index (χ0n) is 76.4. The number of H-pyrrole nitrogens is 1. The first-order valence-corrected chi connectivity index (χ1v) is 52.1. The van der Waals surface area contributed by atoms with Crippen LogP contribution >= 0.6 is 93.0 Å². The molecule has 0 saturated heterocycles. The van der Waals surface area contributed by atoms with Crippen molar-refractivity contribution in [2.45, 2.75) is 6.42 Å². The van der Waals surface area contributed by atoms with Crippen molar-refractivity contribution in [3.05, 3.63) is 456 Å². The van der Waals surface area contributed by atoms with Crippen LogP contribution in [0.2, 0.25) is 0 Å². The SMILES string of the molecule is Brc1ccc(I)cc1.Brc1ccc2[nH]c3ccc(-c4ccc5c(c4)c4cc(-c6ccc7c(c6)c6ccccc6n7-c6ccc7oc8ccccc8c7c6)ccc4n5-c4ccc5oc6ccccc6c5c4)cc3c2c1.Brc1ccc2c(c1)-c1cc(I)ccc1C2.O[B]Oc1ccc2c(c1)c1cc(-c3ccc4c(c3)c3ccccc3n4-c3ccc4oc5ccccc5c4c3)ccc1n2-c1ccc2oc3ccccc3c2c1. The molecule has 9 aromatic heterocycles. The molecule has 30 aromatic rings.